The molecule has 5 heteroatoms. The van der Waals surface area contributed by atoms with Gasteiger partial charge in [-0.15, -0.1) is 0 Å². The molecule has 0 spiro atoms. The Hall–Kier alpha value is -1.33. The molecule has 2 aliphatic rings. The van der Waals surface area contributed by atoms with E-state index in [0.717, 1.165) is 30.7 Å². The van der Waals surface area contributed by atoms with Gasteiger partial charge in [0.25, 0.3) is 5.91 Å². The number of fused-ring (bicyclic) bond motifs is 1. The van der Waals surface area contributed by atoms with Crippen molar-refractivity contribution in [1.29, 1.82) is 0 Å². The molecule has 3 N–H and O–H groups in total. The van der Waals surface area contributed by atoms with Gasteiger partial charge < -0.3 is 4.42 Å². The summed E-state index contributed by atoms with van der Waals surface area (Å²) in [4.78, 5) is 13.9. The van der Waals surface area contributed by atoms with Gasteiger partial charge in [-0.25, -0.2) is 5.84 Å². The molecule has 1 aliphatic carbocycles. The standard InChI is InChI=1S/C15H23N3O2/c16-17-15(19)13-7-14(20-10-13)9-18-6-5-11-3-1-2-4-12(11)8-18/h7,10-12H,1-6,8-9,16H2,(H,17,19). The van der Waals surface area contributed by atoms with Crippen molar-refractivity contribution in [2.75, 3.05) is 13.1 Å². The third kappa shape index (κ3) is 2.88. The normalized spacial score (nSPS) is 27.1. The van der Waals surface area contributed by atoms with Crippen LogP contribution in [0.4, 0.5) is 0 Å². The smallest absolute Gasteiger partial charge is 0.268 e. The van der Waals surface area contributed by atoms with Gasteiger partial charge in [-0.05, 0) is 37.3 Å². The first-order chi connectivity index (χ1) is 9.76. The summed E-state index contributed by atoms with van der Waals surface area (Å²) in [7, 11) is 0. The fourth-order valence-electron chi connectivity index (χ4n) is 3.71. The van der Waals surface area contributed by atoms with Crippen molar-refractivity contribution in [2.24, 2.45) is 17.7 Å². The molecule has 2 heterocycles. The molecule has 0 bridgehead atoms. The van der Waals surface area contributed by atoms with Crippen LogP contribution in [0, 0.1) is 11.8 Å². The largest absolute Gasteiger partial charge is 0.467 e. The molecule has 0 radical (unpaired) electrons. The maximum Gasteiger partial charge on any atom is 0.268 e. The summed E-state index contributed by atoms with van der Waals surface area (Å²) in [5.74, 6) is 7.46. The molecule has 1 saturated carbocycles. The van der Waals surface area contributed by atoms with E-state index in [1.54, 1.807) is 6.07 Å². The number of nitrogens with zero attached hydrogens (tertiary/aromatic N) is 1. The molecular formula is C15H23N3O2. The van der Waals surface area contributed by atoms with Crippen LogP contribution in [0.1, 0.15) is 48.2 Å². The lowest BCUT2D eigenvalue weighted by atomic mass is 9.75. The van der Waals surface area contributed by atoms with E-state index in [1.165, 1.54) is 44.9 Å². The van der Waals surface area contributed by atoms with Gasteiger partial charge in [0.15, 0.2) is 0 Å². The molecule has 0 aromatic carbocycles. The van der Waals surface area contributed by atoms with Gasteiger partial charge in [0.2, 0.25) is 0 Å². The molecule has 2 fully saturated rings. The zero-order valence-corrected chi connectivity index (χ0v) is 11.8. The Bertz CT molecular complexity index is 471. The van der Waals surface area contributed by atoms with Crippen molar-refractivity contribution in [1.82, 2.24) is 10.3 Å². The third-order valence-corrected chi connectivity index (χ3v) is 4.80. The van der Waals surface area contributed by atoms with Gasteiger partial charge in [-0.2, -0.15) is 0 Å². The van der Waals surface area contributed by atoms with Gasteiger partial charge in [0.1, 0.15) is 12.0 Å². The molecule has 1 aromatic heterocycles. The van der Waals surface area contributed by atoms with E-state index >= 15 is 0 Å². The minimum atomic E-state index is -0.300. The van der Waals surface area contributed by atoms with Gasteiger partial charge in [-0.1, -0.05) is 19.3 Å². The maximum atomic E-state index is 11.4. The van der Waals surface area contributed by atoms with Crippen molar-refractivity contribution in [3.05, 3.63) is 23.7 Å². The fraction of sp³-hybridized carbons (Fsp3) is 0.667. The number of furan rings is 1. The minimum Gasteiger partial charge on any atom is -0.467 e. The van der Waals surface area contributed by atoms with Crippen LogP contribution in [-0.4, -0.2) is 23.9 Å². The molecule has 20 heavy (non-hydrogen) atoms. The number of hydrazine groups is 1. The monoisotopic (exact) mass is 277 g/mol. The van der Waals surface area contributed by atoms with E-state index in [0.29, 0.717) is 5.56 Å². The molecule has 2 atom stereocenters. The molecule has 1 saturated heterocycles. The van der Waals surface area contributed by atoms with Crippen LogP contribution < -0.4 is 11.3 Å². The van der Waals surface area contributed by atoms with Crippen LogP contribution in [0.3, 0.4) is 0 Å². The highest BCUT2D eigenvalue weighted by atomic mass is 16.3. The van der Waals surface area contributed by atoms with Crippen molar-refractivity contribution in [3.63, 3.8) is 0 Å². The van der Waals surface area contributed by atoms with E-state index in [4.69, 9.17) is 10.3 Å². The maximum absolute atomic E-state index is 11.4. The van der Waals surface area contributed by atoms with Gasteiger partial charge in [0.05, 0.1) is 12.1 Å². The number of nitrogens with one attached hydrogen (secondary N) is 1. The molecule has 110 valence electrons. The van der Waals surface area contributed by atoms with Gasteiger partial charge >= 0.3 is 0 Å². The number of hydrogen-bond donors (Lipinski definition) is 2. The quantitative estimate of drug-likeness (QED) is 0.503. The Morgan fingerprint density at radius 2 is 2.15 bits per heavy atom. The van der Waals surface area contributed by atoms with Gasteiger partial charge in [0, 0.05) is 6.54 Å². The van der Waals surface area contributed by atoms with Gasteiger partial charge in [-0.3, -0.25) is 15.1 Å². The summed E-state index contributed by atoms with van der Waals surface area (Å²) < 4.78 is 5.47. The average Bonchev–Trinajstić information content (AvgIpc) is 2.95. The number of piperidine rings is 1. The third-order valence-electron chi connectivity index (χ3n) is 4.80. The van der Waals surface area contributed by atoms with Crippen molar-refractivity contribution in [3.8, 4) is 0 Å². The predicted molar refractivity (Wildman–Crippen MR) is 75.7 cm³/mol. The highest BCUT2D eigenvalue weighted by Crippen LogP contribution is 2.36. The van der Waals surface area contributed by atoms with Crippen LogP contribution in [0.2, 0.25) is 0 Å². The Morgan fingerprint density at radius 1 is 1.35 bits per heavy atom. The second kappa shape index (κ2) is 5.97. The number of rotatable bonds is 3. The lowest BCUT2D eigenvalue weighted by Crippen LogP contribution is -2.41. The topological polar surface area (TPSA) is 71.5 Å². The molecule has 5 nitrogen and oxygen atoms in total. The number of likely N-dealkylation sites (tertiary alicyclic amines) is 1. The second-order valence-corrected chi connectivity index (χ2v) is 6.10. The number of nitrogens with two attached hydrogens (primary N) is 1. The molecule has 3 rings (SSSR count). The molecule has 2 unspecified atom stereocenters. The van der Waals surface area contributed by atoms with Crippen molar-refractivity contribution < 1.29 is 9.21 Å². The summed E-state index contributed by atoms with van der Waals surface area (Å²) in [6.07, 6.45) is 8.38. The van der Waals surface area contributed by atoms with E-state index in [2.05, 4.69) is 10.3 Å². The van der Waals surface area contributed by atoms with E-state index in [-0.39, 0.29) is 5.91 Å². The summed E-state index contributed by atoms with van der Waals surface area (Å²) in [6, 6.07) is 1.79. The van der Waals surface area contributed by atoms with E-state index in [9.17, 15) is 4.79 Å². The van der Waals surface area contributed by atoms with Crippen LogP contribution in [0.5, 0.6) is 0 Å². The highest BCUT2D eigenvalue weighted by Gasteiger charge is 2.31. The summed E-state index contributed by atoms with van der Waals surface area (Å²) in [5, 5.41) is 0. The summed E-state index contributed by atoms with van der Waals surface area (Å²) in [5.41, 5.74) is 2.62. The molecule has 1 aliphatic heterocycles. The number of carbonyl (C=O) groups excluding carboxylic acids is 1. The van der Waals surface area contributed by atoms with Crippen molar-refractivity contribution in [2.45, 2.75) is 38.6 Å². The first-order valence-corrected chi connectivity index (χ1v) is 7.57. The van der Waals surface area contributed by atoms with E-state index < -0.39 is 0 Å². The predicted octanol–water partition coefficient (Wildman–Crippen LogP) is 1.90. The minimum absolute atomic E-state index is 0.300. The second-order valence-electron chi connectivity index (χ2n) is 6.10. The number of amides is 1. The molecular weight excluding hydrogens is 254 g/mol. The molecule has 1 amide bonds. The Balaban J connectivity index is 1.58. The van der Waals surface area contributed by atoms with Crippen LogP contribution in [-0.2, 0) is 6.54 Å². The molecule has 1 aromatic rings. The van der Waals surface area contributed by atoms with Crippen LogP contribution >= 0.6 is 0 Å². The number of carbonyl (C=O) groups is 1. The first-order valence-electron chi connectivity index (χ1n) is 7.57. The first kappa shape index (κ1) is 13.6. The zero-order valence-electron chi connectivity index (χ0n) is 11.8. The summed E-state index contributed by atoms with van der Waals surface area (Å²) in [6.45, 7) is 3.10. The highest BCUT2D eigenvalue weighted by molar-refractivity contribution is 5.93. The van der Waals surface area contributed by atoms with E-state index in [1.807, 2.05) is 0 Å². The lowest BCUT2D eigenvalue weighted by molar-refractivity contribution is 0.0774. The van der Waals surface area contributed by atoms with Crippen molar-refractivity contribution >= 4 is 5.91 Å². The summed E-state index contributed by atoms with van der Waals surface area (Å²) >= 11 is 0. The van der Waals surface area contributed by atoms with Crippen LogP contribution in [0.25, 0.3) is 0 Å². The average molecular weight is 277 g/mol. The Labute approximate surface area is 119 Å². The van der Waals surface area contributed by atoms with Crippen LogP contribution in [0.15, 0.2) is 16.7 Å². The number of hydrogen-bond acceptors (Lipinski definition) is 4. The SMILES string of the molecule is NNC(=O)c1coc(CN2CCC3CCCCC3C2)c1. The number of nitrogen functional groups attached to an aromatic ring is 1. The Morgan fingerprint density at radius 3 is 2.95 bits per heavy atom. The fourth-order valence-corrected chi connectivity index (χ4v) is 3.71. The zero-order chi connectivity index (χ0) is 13.9. The Kier molecular flexibility index (Phi) is 4.08. The lowest BCUT2D eigenvalue weighted by Gasteiger charge is -2.41.